The minimum absolute atomic E-state index is 0. The van der Waals surface area contributed by atoms with Gasteiger partial charge in [0.1, 0.15) is 5.82 Å². The lowest BCUT2D eigenvalue weighted by molar-refractivity contribution is -0.138. The molecule has 0 aromatic heterocycles. The van der Waals surface area contributed by atoms with Crippen LogP contribution in [0.2, 0.25) is 0 Å². The van der Waals surface area contributed by atoms with Crippen LogP contribution in [-0.4, -0.2) is 54.8 Å². The Morgan fingerprint density at radius 3 is 2.55 bits per heavy atom. The Balaban J connectivity index is 0.00000420. The number of guanidine groups is 1. The van der Waals surface area contributed by atoms with Gasteiger partial charge in [-0.2, -0.15) is 13.2 Å². The Morgan fingerprint density at radius 2 is 1.93 bits per heavy atom. The predicted octanol–water partition coefficient (Wildman–Crippen LogP) is 3.36. The van der Waals surface area contributed by atoms with E-state index in [0.717, 1.165) is 51.0 Å². The van der Waals surface area contributed by atoms with Gasteiger partial charge in [-0.05, 0) is 50.4 Å². The monoisotopic (exact) mass is 532 g/mol. The van der Waals surface area contributed by atoms with Crippen LogP contribution in [-0.2, 0) is 12.7 Å². The van der Waals surface area contributed by atoms with Crippen molar-refractivity contribution in [1.82, 2.24) is 15.5 Å². The number of likely N-dealkylation sites (tertiary alicyclic amines) is 1. The van der Waals surface area contributed by atoms with Crippen LogP contribution in [0.1, 0.15) is 37.3 Å². The summed E-state index contributed by atoms with van der Waals surface area (Å²) in [6.07, 6.45) is -2.39. The largest absolute Gasteiger partial charge is 0.416 e. The molecular formula is C19H29F4IN4O. The van der Waals surface area contributed by atoms with E-state index in [2.05, 4.69) is 20.5 Å². The maximum absolute atomic E-state index is 13.2. The number of aliphatic hydroxyl groups excluding tert-OH is 1. The van der Waals surface area contributed by atoms with E-state index in [9.17, 15) is 22.7 Å². The second-order valence-corrected chi connectivity index (χ2v) is 6.85. The fourth-order valence-electron chi connectivity index (χ4n) is 3.11. The first-order valence-electron chi connectivity index (χ1n) is 9.57. The van der Waals surface area contributed by atoms with Crippen molar-refractivity contribution in [3.63, 3.8) is 0 Å². The van der Waals surface area contributed by atoms with Gasteiger partial charge in [0, 0.05) is 26.2 Å². The lowest BCUT2D eigenvalue weighted by Crippen LogP contribution is -2.40. The molecule has 0 unspecified atom stereocenters. The number of halogens is 5. The highest BCUT2D eigenvalue weighted by Crippen LogP contribution is 2.32. The fourth-order valence-corrected chi connectivity index (χ4v) is 3.11. The molecule has 5 nitrogen and oxygen atoms in total. The van der Waals surface area contributed by atoms with Gasteiger partial charge in [0.05, 0.1) is 18.2 Å². The summed E-state index contributed by atoms with van der Waals surface area (Å²) < 4.78 is 52.5. The van der Waals surface area contributed by atoms with Gasteiger partial charge in [-0.25, -0.2) is 9.38 Å². The molecule has 1 aliphatic heterocycles. The summed E-state index contributed by atoms with van der Waals surface area (Å²) in [5.74, 6) is -0.496. The number of benzene rings is 1. The van der Waals surface area contributed by atoms with Crippen LogP contribution in [0.4, 0.5) is 17.6 Å². The molecular weight excluding hydrogens is 503 g/mol. The molecule has 0 radical (unpaired) electrons. The molecule has 0 amide bonds. The van der Waals surface area contributed by atoms with Gasteiger partial charge in [0.25, 0.3) is 0 Å². The predicted molar refractivity (Wildman–Crippen MR) is 116 cm³/mol. The number of hydrogen-bond acceptors (Lipinski definition) is 3. The summed E-state index contributed by atoms with van der Waals surface area (Å²) in [7, 11) is 0. The molecule has 29 heavy (non-hydrogen) atoms. The summed E-state index contributed by atoms with van der Waals surface area (Å²) in [6.45, 7) is 5.51. The molecule has 1 saturated heterocycles. The van der Waals surface area contributed by atoms with Gasteiger partial charge in [0.15, 0.2) is 5.96 Å². The van der Waals surface area contributed by atoms with Crippen LogP contribution in [0.25, 0.3) is 0 Å². The first kappa shape index (κ1) is 25.9. The fraction of sp³-hybridized carbons (Fsp3) is 0.632. The maximum Gasteiger partial charge on any atom is 0.416 e. The van der Waals surface area contributed by atoms with E-state index in [1.54, 1.807) is 0 Å². The van der Waals surface area contributed by atoms with Gasteiger partial charge in [-0.3, -0.25) is 0 Å². The Morgan fingerprint density at radius 1 is 1.24 bits per heavy atom. The third-order valence-electron chi connectivity index (χ3n) is 4.63. The summed E-state index contributed by atoms with van der Waals surface area (Å²) >= 11 is 0. The number of aliphatic hydroxyl groups is 1. The minimum atomic E-state index is -4.62. The van der Waals surface area contributed by atoms with E-state index < -0.39 is 17.6 Å². The highest BCUT2D eigenvalue weighted by atomic mass is 127. The second kappa shape index (κ2) is 12.5. The molecule has 1 aliphatic rings. The van der Waals surface area contributed by atoms with E-state index in [0.29, 0.717) is 25.1 Å². The van der Waals surface area contributed by atoms with Gasteiger partial charge in [-0.1, -0.05) is 6.07 Å². The van der Waals surface area contributed by atoms with Crippen molar-refractivity contribution in [2.24, 2.45) is 4.99 Å². The number of alkyl halides is 3. The highest BCUT2D eigenvalue weighted by molar-refractivity contribution is 14.0. The topological polar surface area (TPSA) is 59.9 Å². The molecule has 166 valence electrons. The number of piperidine rings is 1. The Kier molecular flexibility index (Phi) is 11.2. The highest BCUT2D eigenvalue weighted by Gasteiger charge is 2.33. The van der Waals surface area contributed by atoms with E-state index in [-0.39, 0.29) is 42.2 Å². The first-order valence-corrected chi connectivity index (χ1v) is 9.57. The lowest BCUT2D eigenvalue weighted by atomic mass is 10.1. The van der Waals surface area contributed by atoms with Crippen LogP contribution in [0.5, 0.6) is 0 Å². The van der Waals surface area contributed by atoms with Crippen LogP contribution in [0.3, 0.4) is 0 Å². The quantitative estimate of drug-likeness (QED) is 0.166. The van der Waals surface area contributed by atoms with Gasteiger partial charge < -0.3 is 20.6 Å². The zero-order valence-corrected chi connectivity index (χ0v) is 18.8. The smallest absolute Gasteiger partial charge is 0.393 e. The molecule has 0 atom stereocenters. The minimum Gasteiger partial charge on any atom is -0.393 e. The van der Waals surface area contributed by atoms with Crippen molar-refractivity contribution >= 4 is 29.9 Å². The molecule has 1 fully saturated rings. The Bertz CT molecular complexity index is 650. The second-order valence-electron chi connectivity index (χ2n) is 6.85. The first-order chi connectivity index (χ1) is 13.3. The van der Waals surface area contributed by atoms with E-state index in [4.69, 9.17) is 0 Å². The molecule has 10 heteroatoms. The van der Waals surface area contributed by atoms with Crippen molar-refractivity contribution in [3.8, 4) is 0 Å². The van der Waals surface area contributed by atoms with E-state index >= 15 is 0 Å². The Labute approximate surface area is 186 Å². The van der Waals surface area contributed by atoms with Gasteiger partial charge in [0.2, 0.25) is 0 Å². The summed E-state index contributed by atoms with van der Waals surface area (Å²) in [5.41, 5.74) is -1.07. The van der Waals surface area contributed by atoms with Crippen LogP contribution in [0.15, 0.2) is 23.2 Å². The average molecular weight is 532 g/mol. The van der Waals surface area contributed by atoms with Crippen LogP contribution >= 0.6 is 24.0 Å². The molecule has 0 spiro atoms. The molecule has 1 aromatic carbocycles. The zero-order valence-electron chi connectivity index (χ0n) is 16.4. The third-order valence-corrected chi connectivity index (χ3v) is 4.63. The molecule has 2 rings (SSSR count). The number of aliphatic imine (C=N–C) groups is 1. The zero-order chi connectivity index (χ0) is 20.6. The van der Waals surface area contributed by atoms with Crippen molar-refractivity contribution in [3.05, 3.63) is 35.1 Å². The molecule has 1 heterocycles. The molecule has 3 N–H and O–H groups in total. The standard InChI is InChI=1S/C19H28F4N4O.HI/c1-2-24-18(25-8-3-9-27-10-6-16(28)7-11-27)26-13-14-4-5-15(20)12-17(14)19(21,22)23;/h4-5,12,16,28H,2-3,6-11,13H2,1H3,(H2,24,25,26);1H. The van der Waals surface area contributed by atoms with E-state index in [1.165, 1.54) is 0 Å². The maximum atomic E-state index is 13.2. The molecule has 1 aromatic rings. The molecule has 0 aliphatic carbocycles. The summed E-state index contributed by atoms with van der Waals surface area (Å²) in [5, 5.41) is 15.6. The summed E-state index contributed by atoms with van der Waals surface area (Å²) in [6, 6.07) is 2.63. The number of nitrogens with one attached hydrogen (secondary N) is 2. The lowest BCUT2D eigenvalue weighted by Gasteiger charge is -2.29. The van der Waals surface area contributed by atoms with Gasteiger partial charge >= 0.3 is 6.18 Å². The molecule has 0 saturated carbocycles. The average Bonchev–Trinajstić information content (AvgIpc) is 2.64. The molecule has 0 bridgehead atoms. The van der Waals surface area contributed by atoms with Crippen molar-refractivity contribution in [2.75, 3.05) is 32.7 Å². The number of hydrogen-bond donors (Lipinski definition) is 3. The van der Waals surface area contributed by atoms with Gasteiger partial charge in [-0.15, -0.1) is 24.0 Å². The summed E-state index contributed by atoms with van der Waals surface area (Å²) in [4.78, 5) is 6.49. The SMILES string of the molecule is CCNC(=NCc1ccc(F)cc1C(F)(F)F)NCCCN1CCC(O)CC1.I. The van der Waals surface area contributed by atoms with Crippen molar-refractivity contribution < 1.29 is 22.7 Å². The number of nitrogens with zero attached hydrogens (tertiary/aromatic N) is 2. The third kappa shape index (κ3) is 9.04. The van der Waals surface area contributed by atoms with E-state index in [1.807, 2.05) is 6.92 Å². The van der Waals surface area contributed by atoms with Crippen LogP contribution in [0, 0.1) is 5.82 Å². The van der Waals surface area contributed by atoms with Crippen molar-refractivity contribution in [1.29, 1.82) is 0 Å². The normalized spacial score (nSPS) is 16.4. The number of rotatable bonds is 7. The van der Waals surface area contributed by atoms with Crippen molar-refractivity contribution in [2.45, 2.75) is 45.0 Å². The Hall–Kier alpha value is -1.14. The van der Waals surface area contributed by atoms with Crippen LogP contribution < -0.4 is 10.6 Å².